The standard InChI is InChI=1S/C26H27N3O7/c1-17-5-4-6-18(15-17)36-16-23(31)28-13-11-27(12-14-28)22(30)10-9-21(26(34)35)29-24(32)19-7-2-3-8-20(19)25(29)33/h2-8,15,21H,9-14,16H2,1H3,(H,34,35)/t21-/m0/s1. The van der Waals surface area contributed by atoms with E-state index < -0.39 is 23.8 Å². The SMILES string of the molecule is Cc1cccc(OCC(=O)N2CCN(C(=O)CC[C@@H](C(=O)O)N3C(=O)c4ccccc4C3=O)CC2)c1. The predicted molar refractivity (Wildman–Crippen MR) is 127 cm³/mol. The number of piperazine rings is 1. The summed E-state index contributed by atoms with van der Waals surface area (Å²) < 4.78 is 5.57. The van der Waals surface area contributed by atoms with Crippen LogP contribution in [-0.2, 0) is 14.4 Å². The summed E-state index contributed by atoms with van der Waals surface area (Å²) in [6, 6.07) is 12.1. The molecule has 2 aliphatic heterocycles. The van der Waals surface area contributed by atoms with Crippen LogP contribution in [0.25, 0.3) is 0 Å². The quantitative estimate of drug-likeness (QED) is 0.554. The Labute approximate surface area is 208 Å². The minimum absolute atomic E-state index is 0.0992. The number of fused-ring (bicyclic) bond motifs is 1. The van der Waals surface area contributed by atoms with E-state index in [9.17, 15) is 29.1 Å². The van der Waals surface area contributed by atoms with Crippen molar-refractivity contribution in [1.29, 1.82) is 0 Å². The van der Waals surface area contributed by atoms with Gasteiger partial charge >= 0.3 is 5.97 Å². The van der Waals surface area contributed by atoms with Gasteiger partial charge in [-0.25, -0.2) is 4.79 Å². The van der Waals surface area contributed by atoms with Crippen LogP contribution in [0, 0.1) is 6.92 Å². The number of amides is 4. The molecule has 2 aromatic rings. The third kappa shape index (κ3) is 5.22. The predicted octanol–water partition coefficient (Wildman–Crippen LogP) is 1.57. The van der Waals surface area contributed by atoms with Crippen LogP contribution in [0.5, 0.6) is 5.75 Å². The zero-order valence-electron chi connectivity index (χ0n) is 19.9. The molecule has 188 valence electrons. The Kier molecular flexibility index (Phi) is 7.33. The van der Waals surface area contributed by atoms with Crippen LogP contribution in [-0.4, -0.2) is 88.2 Å². The summed E-state index contributed by atoms with van der Waals surface area (Å²) >= 11 is 0. The van der Waals surface area contributed by atoms with Crippen LogP contribution >= 0.6 is 0 Å². The van der Waals surface area contributed by atoms with Crippen molar-refractivity contribution in [3.63, 3.8) is 0 Å². The fraction of sp³-hybridized carbons (Fsp3) is 0.346. The maximum absolute atomic E-state index is 12.8. The van der Waals surface area contributed by atoms with Crippen LogP contribution in [0.1, 0.15) is 39.1 Å². The number of carboxylic acids is 1. The first-order chi connectivity index (χ1) is 17.3. The normalized spacial score (nSPS) is 16.1. The molecule has 1 saturated heterocycles. The summed E-state index contributed by atoms with van der Waals surface area (Å²) in [6.07, 6.45) is -0.335. The lowest BCUT2D eigenvalue weighted by Crippen LogP contribution is -2.52. The Morgan fingerprint density at radius 3 is 2.03 bits per heavy atom. The average molecular weight is 494 g/mol. The van der Waals surface area contributed by atoms with Gasteiger partial charge in [0.2, 0.25) is 5.91 Å². The van der Waals surface area contributed by atoms with Gasteiger partial charge in [0, 0.05) is 32.6 Å². The van der Waals surface area contributed by atoms with Gasteiger partial charge in [-0.2, -0.15) is 0 Å². The van der Waals surface area contributed by atoms with Gasteiger partial charge in [0.1, 0.15) is 11.8 Å². The summed E-state index contributed by atoms with van der Waals surface area (Å²) in [6.45, 7) is 3.12. The van der Waals surface area contributed by atoms with Gasteiger partial charge in [-0.15, -0.1) is 0 Å². The van der Waals surface area contributed by atoms with E-state index in [1.807, 2.05) is 25.1 Å². The molecule has 0 aromatic heterocycles. The molecular formula is C26H27N3O7. The topological polar surface area (TPSA) is 125 Å². The Balaban J connectivity index is 1.27. The molecule has 4 rings (SSSR count). The molecule has 0 radical (unpaired) electrons. The van der Waals surface area contributed by atoms with Crippen molar-refractivity contribution >= 4 is 29.6 Å². The van der Waals surface area contributed by atoms with Crippen molar-refractivity contribution in [3.05, 3.63) is 65.2 Å². The fourth-order valence-electron chi connectivity index (χ4n) is 4.42. The molecule has 36 heavy (non-hydrogen) atoms. The largest absolute Gasteiger partial charge is 0.484 e. The van der Waals surface area contributed by atoms with Gasteiger partial charge < -0.3 is 19.6 Å². The van der Waals surface area contributed by atoms with E-state index in [2.05, 4.69) is 0 Å². The molecule has 1 fully saturated rings. The van der Waals surface area contributed by atoms with Crippen molar-refractivity contribution in [2.24, 2.45) is 0 Å². The number of carboxylic acid groups (broad SMARTS) is 1. The number of ether oxygens (including phenoxy) is 1. The minimum Gasteiger partial charge on any atom is -0.484 e. The van der Waals surface area contributed by atoms with Gasteiger partial charge in [-0.05, 0) is 43.2 Å². The van der Waals surface area contributed by atoms with Crippen LogP contribution in [0.15, 0.2) is 48.5 Å². The number of imide groups is 1. The van der Waals surface area contributed by atoms with Gasteiger partial charge in [-0.1, -0.05) is 24.3 Å². The second kappa shape index (κ2) is 10.6. The lowest BCUT2D eigenvalue weighted by atomic mass is 10.1. The fourth-order valence-corrected chi connectivity index (χ4v) is 4.42. The van der Waals surface area contributed by atoms with Crippen molar-refractivity contribution in [2.45, 2.75) is 25.8 Å². The number of carbonyl (C=O) groups excluding carboxylic acids is 4. The highest BCUT2D eigenvalue weighted by atomic mass is 16.5. The molecule has 0 aliphatic carbocycles. The number of aliphatic carboxylic acids is 1. The van der Waals surface area contributed by atoms with E-state index in [1.54, 1.807) is 28.0 Å². The van der Waals surface area contributed by atoms with E-state index in [0.29, 0.717) is 31.9 Å². The number of benzene rings is 2. The Hall–Kier alpha value is -4.21. The highest BCUT2D eigenvalue weighted by Gasteiger charge is 2.43. The monoisotopic (exact) mass is 493 g/mol. The number of rotatable bonds is 8. The van der Waals surface area contributed by atoms with Gasteiger partial charge in [-0.3, -0.25) is 24.1 Å². The summed E-state index contributed by atoms with van der Waals surface area (Å²) in [7, 11) is 0. The molecule has 1 atom stereocenters. The van der Waals surface area contributed by atoms with Gasteiger partial charge in [0.25, 0.3) is 17.7 Å². The zero-order valence-corrected chi connectivity index (χ0v) is 19.9. The zero-order chi connectivity index (χ0) is 25.8. The van der Waals surface area contributed by atoms with Gasteiger partial charge in [0.15, 0.2) is 6.61 Å². The summed E-state index contributed by atoms with van der Waals surface area (Å²) in [5, 5.41) is 9.69. The molecule has 0 saturated carbocycles. The number of aryl methyl sites for hydroxylation is 1. The van der Waals surface area contributed by atoms with Crippen molar-refractivity contribution in [3.8, 4) is 5.75 Å². The van der Waals surface area contributed by atoms with Crippen molar-refractivity contribution in [1.82, 2.24) is 14.7 Å². The number of nitrogens with zero attached hydrogens (tertiary/aromatic N) is 3. The lowest BCUT2D eigenvalue weighted by molar-refractivity contribution is -0.143. The molecule has 10 heteroatoms. The maximum Gasteiger partial charge on any atom is 0.326 e. The van der Waals surface area contributed by atoms with E-state index in [4.69, 9.17) is 4.74 Å². The molecule has 10 nitrogen and oxygen atoms in total. The van der Waals surface area contributed by atoms with E-state index in [1.165, 1.54) is 12.1 Å². The first-order valence-electron chi connectivity index (χ1n) is 11.7. The molecule has 0 bridgehead atoms. The van der Waals surface area contributed by atoms with E-state index in [-0.39, 0.29) is 42.4 Å². The van der Waals surface area contributed by atoms with Crippen LogP contribution in [0.2, 0.25) is 0 Å². The second-order valence-electron chi connectivity index (χ2n) is 8.79. The lowest BCUT2D eigenvalue weighted by Gasteiger charge is -2.35. The average Bonchev–Trinajstić information content (AvgIpc) is 3.12. The highest BCUT2D eigenvalue weighted by Crippen LogP contribution is 2.26. The maximum atomic E-state index is 12.8. The van der Waals surface area contributed by atoms with Crippen LogP contribution < -0.4 is 4.74 Å². The first kappa shape index (κ1) is 24.9. The molecular weight excluding hydrogens is 466 g/mol. The Morgan fingerprint density at radius 2 is 1.47 bits per heavy atom. The summed E-state index contributed by atoms with van der Waals surface area (Å²) in [4.78, 5) is 66.4. The molecule has 0 spiro atoms. The van der Waals surface area contributed by atoms with Crippen molar-refractivity contribution < 1.29 is 33.8 Å². The van der Waals surface area contributed by atoms with E-state index >= 15 is 0 Å². The molecule has 4 amide bonds. The van der Waals surface area contributed by atoms with Crippen molar-refractivity contribution in [2.75, 3.05) is 32.8 Å². The number of hydrogen-bond donors (Lipinski definition) is 1. The molecule has 0 unspecified atom stereocenters. The number of carbonyl (C=O) groups is 5. The summed E-state index contributed by atoms with van der Waals surface area (Å²) in [5.74, 6) is -2.54. The van der Waals surface area contributed by atoms with Gasteiger partial charge in [0.05, 0.1) is 11.1 Å². The third-order valence-corrected chi connectivity index (χ3v) is 6.39. The highest BCUT2D eigenvalue weighted by molar-refractivity contribution is 6.22. The van der Waals surface area contributed by atoms with E-state index in [0.717, 1.165) is 10.5 Å². The molecule has 2 heterocycles. The number of hydrogen-bond acceptors (Lipinski definition) is 6. The smallest absolute Gasteiger partial charge is 0.326 e. The second-order valence-corrected chi connectivity index (χ2v) is 8.79. The Bertz CT molecular complexity index is 1170. The molecule has 2 aliphatic rings. The Morgan fingerprint density at radius 1 is 0.889 bits per heavy atom. The van der Waals surface area contributed by atoms with Crippen LogP contribution in [0.4, 0.5) is 0 Å². The first-order valence-corrected chi connectivity index (χ1v) is 11.7. The summed E-state index contributed by atoms with van der Waals surface area (Å²) in [5.41, 5.74) is 1.35. The molecule has 2 aromatic carbocycles. The third-order valence-electron chi connectivity index (χ3n) is 6.39. The van der Waals surface area contributed by atoms with Crippen LogP contribution in [0.3, 0.4) is 0 Å². The molecule has 1 N–H and O–H groups in total. The minimum atomic E-state index is -1.44.